The summed E-state index contributed by atoms with van der Waals surface area (Å²) in [5.41, 5.74) is 6.12. The highest BCUT2D eigenvalue weighted by Crippen LogP contribution is 2.33. The van der Waals surface area contributed by atoms with Gasteiger partial charge >= 0.3 is 0 Å². The minimum absolute atomic E-state index is 0.0875. The molecular formula is C15H14ClNO4. The highest BCUT2D eigenvalue weighted by Gasteiger charge is 2.10. The Kier molecular flexibility index (Phi) is 4.67. The van der Waals surface area contributed by atoms with E-state index in [1.54, 1.807) is 24.3 Å². The quantitative estimate of drug-likeness (QED) is 0.890. The Bertz CT molecular complexity index is 673. The molecule has 0 bridgehead atoms. The lowest BCUT2D eigenvalue weighted by Gasteiger charge is -2.12. The van der Waals surface area contributed by atoms with Crippen molar-refractivity contribution in [1.82, 2.24) is 0 Å². The number of amides is 1. The van der Waals surface area contributed by atoms with Crippen LogP contribution in [0.1, 0.15) is 15.9 Å². The van der Waals surface area contributed by atoms with Crippen molar-refractivity contribution in [3.63, 3.8) is 0 Å². The molecule has 0 aliphatic rings. The molecule has 6 heteroatoms. The number of benzene rings is 2. The number of primary amides is 1. The lowest BCUT2D eigenvalue weighted by molar-refractivity contribution is 0.100. The number of carbonyl (C=O) groups excluding carboxylic acids is 1. The van der Waals surface area contributed by atoms with Gasteiger partial charge in [0, 0.05) is 6.07 Å². The van der Waals surface area contributed by atoms with Crippen LogP contribution in [0.25, 0.3) is 0 Å². The summed E-state index contributed by atoms with van der Waals surface area (Å²) in [6.07, 6.45) is 0. The van der Waals surface area contributed by atoms with Crippen LogP contribution in [0, 0.1) is 0 Å². The predicted octanol–water partition coefficient (Wildman–Crippen LogP) is 2.73. The highest BCUT2D eigenvalue weighted by molar-refractivity contribution is 6.33. The van der Waals surface area contributed by atoms with Crippen LogP contribution in [-0.2, 0) is 6.61 Å². The molecule has 0 atom stereocenters. The Hall–Kier alpha value is -2.24. The van der Waals surface area contributed by atoms with Crippen molar-refractivity contribution in [1.29, 1.82) is 0 Å². The first-order chi connectivity index (χ1) is 10.0. The summed E-state index contributed by atoms with van der Waals surface area (Å²) in [4.78, 5) is 11.1. The van der Waals surface area contributed by atoms with E-state index >= 15 is 0 Å². The second kappa shape index (κ2) is 6.47. The van der Waals surface area contributed by atoms with Crippen LogP contribution in [0.3, 0.4) is 0 Å². The van der Waals surface area contributed by atoms with Gasteiger partial charge in [-0.1, -0.05) is 17.7 Å². The molecule has 2 aromatic rings. The third-order valence-electron chi connectivity index (χ3n) is 2.84. The van der Waals surface area contributed by atoms with Crippen molar-refractivity contribution >= 4 is 17.5 Å². The summed E-state index contributed by atoms with van der Waals surface area (Å²) in [7, 11) is 1.51. The fraction of sp³-hybridized carbons (Fsp3) is 0.133. The van der Waals surface area contributed by atoms with E-state index in [0.29, 0.717) is 22.8 Å². The Morgan fingerprint density at radius 3 is 2.57 bits per heavy atom. The molecule has 1 amide bonds. The summed E-state index contributed by atoms with van der Waals surface area (Å²) < 4.78 is 10.9. The number of ether oxygens (including phenoxy) is 2. The maximum Gasteiger partial charge on any atom is 0.250 e. The van der Waals surface area contributed by atoms with E-state index < -0.39 is 5.91 Å². The summed E-state index contributed by atoms with van der Waals surface area (Å²) in [6.45, 7) is -0.0875. The van der Waals surface area contributed by atoms with Gasteiger partial charge < -0.3 is 20.3 Å². The zero-order valence-corrected chi connectivity index (χ0v) is 12.1. The first-order valence-corrected chi connectivity index (χ1v) is 6.48. The molecule has 21 heavy (non-hydrogen) atoms. The average molecular weight is 308 g/mol. The van der Waals surface area contributed by atoms with Gasteiger partial charge in [0.2, 0.25) is 5.91 Å². The number of hydrogen-bond donors (Lipinski definition) is 2. The summed E-state index contributed by atoms with van der Waals surface area (Å²) in [5, 5.41) is 9.31. The third-order valence-corrected chi connectivity index (χ3v) is 3.16. The first kappa shape index (κ1) is 15.2. The van der Waals surface area contributed by atoms with Gasteiger partial charge in [-0.3, -0.25) is 4.79 Å². The van der Waals surface area contributed by atoms with E-state index in [1.165, 1.54) is 19.2 Å². The van der Waals surface area contributed by atoms with Crippen LogP contribution in [0.15, 0.2) is 36.4 Å². The lowest BCUT2D eigenvalue weighted by Crippen LogP contribution is -2.11. The molecule has 0 saturated heterocycles. The predicted molar refractivity (Wildman–Crippen MR) is 79.0 cm³/mol. The molecule has 5 nitrogen and oxygen atoms in total. The van der Waals surface area contributed by atoms with Crippen LogP contribution in [0.2, 0.25) is 5.02 Å². The second-order valence-electron chi connectivity index (χ2n) is 4.25. The molecule has 2 aromatic carbocycles. The Morgan fingerprint density at radius 1 is 1.24 bits per heavy atom. The number of aliphatic hydroxyl groups is 1. The third kappa shape index (κ3) is 3.45. The van der Waals surface area contributed by atoms with E-state index in [4.69, 9.17) is 31.9 Å². The molecular weight excluding hydrogens is 294 g/mol. The van der Waals surface area contributed by atoms with Gasteiger partial charge in [0.05, 0.1) is 24.3 Å². The maximum absolute atomic E-state index is 11.1. The number of hydrogen-bond acceptors (Lipinski definition) is 4. The number of carbonyl (C=O) groups is 1. The van der Waals surface area contributed by atoms with Crippen LogP contribution in [0.5, 0.6) is 17.2 Å². The molecule has 0 aliphatic heterocycles. The number of nitrogens with two attached hydrogens (primary N) is 1. The molecule has 0 unspecified atom stereocenters. The monoisotopic (exact) mass is 307 g/mol. The van der Waals surface area contributed by atoms with E-state index in [9.17, 15) is 4.79 Å². The largest absolute Gasteiger partial charge is 0.493 e. The van der Waals surface area contributed by atoms with E-state index in [-0.39, 0.29) is 17.2 Å². The fourth-order valence-electron chi connectivity index (χ4n) is 1.78. The van der Waals surface area contributed by atoms with E-state index in [1.807, 2.05) is 0 Å². The summed E-state index contributed by atoms with van der Waals surface area (Å²) in [5.74, 6) is 0.797. The topological polar surface area (TPSA) is 81.8 Å². The van der Waals surface area contributed by atoms with Crippen molar-refractivity contribution in [3.8, 4) is 17.2 Å². The van der Waals surface area contributed by atoms with E-state index in [0.717, 1.165) is 0 Å². The van der Waals surface area contributed by atoms with E-state index in [2.05, 4.69) is 0 Å². The normalized spacial score (nSPS) is 10.2. The molecule has 0 aliphatic carbocycles. The van der Waals surface area contributed by atoms with Gasteiger partial charge in [0.15, 0.2) is 11.5 Å². The molecule has 2 rings (SSSR count). The van der Waals surface area contributed by atoms with Gasteiger partial charge in [-0.15, -0.1) is 0 Å². The molecule has 110 valence electrons. The first-order valence-electron chi connectivity index (χ1n) is 6.10. The van der Waals surface area contributed by atoms with Gasteiger partial charge in [0.25, 0.3) is 0 Å². The van der Waals surface area contributed by atoms with Crippen LogP contribution in [-0.4, -0.2) is 18.1 Å². The van der Waals surface area contributed by atoms with Gasteiger partial charge in [0.1, 0.15) is 5.75 Å². The average Bonchev–Trinajstić information content (AvgIpc) is 2.47. The lowest BCUT2D eigenvalue weighted by atomic mass is 10.2. The minimum Gasteiger partial charge on any atom is -0.493 e. The van der Waals surface area contributed by atoms with Crippen LogP contribution in [0.4, 0.5) is 0 Å². The molecule has 0 fully saturated rings. The Balaban J connectivity index is 2.30. The summed E-state index contributed by atoms with van der Waals surface area (Å²) >= 11 is 5.97. The van der Waals surface area contributed by atoms with Gasteiger partial charge in [-0.25, -0.2) is 0 Å². The molecule has 3 N–H and O–H groups in total. The Morgan fingerprint density at radius 2 is 2.00 bits per heavy atom. The minimum atomic E-state index is -0.601. The smallest absolute Gasteiger partial charge is 0.250 e. The molecule has 0 aromatic heterocycles. The summed E-state index contributed by atoms with van der Waals surface area (Å²) in [6, 6.07) is 9.66. The molecule has 0 radical (unpaired) electrons. The van der Waals surface area contributed by atoms with Crippen molar-refractivity contribution in [2.75, 3.05) is 7.11 Å². The van der Waals surface area contributed by atoms with Gasteiger partial charge in [-0.05, 0) is 29.8 Å². The standard InChI is InChI=1S/C15H14ClNO4/c1-20-14-6-9(8-18)2-5-13(14)21-10-3-4-11(15(17)19)12(16)7-10/h2-7,18H,8H2,1H3,(H2,17,19). The van der Waals surface area contributed by atoms with Crippen molar-refractivity contribution in [3.05, 3.63) is 52.5 Å². The SMILES string of the molecule is COc1cc(CO)ccc1Oc1ccc(C(N)=O)c(Cl)c1. The van der Waals surface area contributed by atoms with Gasteiger partial charge in [-0.2, -0.15) is 0 Å². The number of methoxy groups -OCH3 is 1. The van der Waals surface area contributed by atoms with Crippen molar-refractivity contribution in [2.45, 2.75) is 6.61 Å². The maximum atomic E-state index is 11.1. The number of halogens is 1. The van der Waals surface area contributed by atoms with Crippen LogP contribution < -0.4 is 15.2 Å². The highest BCUT2D eigenvalue weighted by atomic mass is 35.5. The zero-order valence-electron chi connectivity index (χ0n) is 11.3. The molecule has 0 spiro atoms. The zero-order chi connectivity index (χ0) is 15.4. The van der Waals surface area contributed by atoms with Crippen molar-refractivity contribution in [2.24, 2.45) is 5.73 Å². The molecule has 0 saturated carbocycles. The van der Waals surface area contributed by atoms with Crippen LogP contribution >= 0.6 is 11.6 Å². The fourth-order valence-corrected chi connectivity index (χ4v) is 2.04. The molecule has 0 heterocycles. The van der Waals surface area contributed by atoms with Crippen molar-refractivity contribution < 1.29 is 19.4 Å². The number of aliphatic hydroxyl groups excluding tert-OH is 1. The Labute approximate surface area is 126 Å². The second-order valence-corrected chi connectivity index (χ2v) is 4.66. The number of rotatable bonds is 5.